The second-order valence-electron chi connectivity index (χ2n) is 14.9. The SMILES string of the molecule is CC1(C)[C@@H]2C[C@H]3OB([C@H](Cc4coc5ccccc45)NC(=O)Cc4ccc5c(c4)C4(CCCCC4)CCO5)O[C@@]3(C)[C@H]1C2. The van der Waals surface area contributed by atoms with Gasteiger partial charge in [0.05, 0.1) is 36.9 Å². The zero-order valence-electron chi connectivity index (χ0n) is 25.8. The van der Waals surface area contributed by atoms with Crippen LogP contribution < -0.4 is 10.1 Å². The molecule has 2 aliphatic heterocycles. The second-order valence-corrected chi connectivity index (χ2v) is 14.9. The van der Waals surface area contributed by atoms with Crippen molar-refractivity contribution in [3.05, 3.63) is 65.4 Å². The molecule has 43 heavy (non-hydrogen) atoms. The van der Waals surface area contributed by atoms with Gasteiger partial charge < -0.3 is 23.8 Å². The van der Waals surface area contributed by atoms with E-state index in [2.05, 4.69) is 50.4 Å². The summed E-state index contributed by atoms with van der Waals surface area (Å²) in [6.07, 6.45) is 12.4. The Kier molecular flexibility index (Phi) is 6.54. The normalized spacial score (nSPS) is 30.7. The first-order chi connectivity index (χ1) is 20.7. The monoisotopic (exact) mass is 581 g/mol. The van der Waals surface area contributed by atoms with Crippen molar-refractivity contribution in [2.24, 2.45) is 17.3 Å². The fraction of sp³-hybridized carbons (Fsp3) is 0.583. The van der Waals surface area contributed by atoms with Crippen LogP contribution in [0.5, 0.6) is 5.75 Å². The summed E-state index contributed by atoms with van der Waals surface area (Å²) in [6.45, 7) is 7.78. The number of hydrogen-bond donors (Lipinski definition) is 1. The van der Waals surface area contributed by atoms with Gasteiger partial charge in [-0.2, -0.15) is 0 Å². The summed E-state index contributed by atoms with van der Waals surface area (Å²) in [6, 6.07) is 14.5. The maximum absolute atomic E-state index is 13.8. The lowest BCUT2D eigenvalue weighted by atomic mass is 9.43. The lowest BCUT2D eigenvalue weighted by Gasteiger charge is -2.64. The van der Waals surface area contributed by atoms with Crippen LogP contribution in [0.3, 0.4) is 0 Å². The van der Waals surface area contributed by atoms with Crippen LogP contribution in [0.25, 0.3) is 11.0 Å². The Hall–Kier alpha value is -2.77. The predicted molar refractivity (Wildman–Crippen MR) is 167 cm³/mol. The van der Waals surface area contributed by atoms with E-state index in [1.54, 1.807) is 0 Å². The summed E-state index contributed by atoms with van der Waals surface area (Å²) in [4.78, 5) is 13.8. The van der Waals surface area contributed by atoms with E-state index in [4.69, 9.17) is 18.5 Å². The average Bonchev–Trinajstić information content (AvgIpc) is 3.58. The number of furan rings is 1. The molecular formula is C36H44BNO5. The minimum atomic E-state index is -0.509. The van der Waals surface area contributed by atoms with Gasteiger partial charge in [0, 0.05) is 16.4 Å². The van der Waals surface area contributed by atoms with E-state index < -0.39 is 7.12 Å². The highest BCUT2D eigenvalue weighted by Crippen LogP contribution is 2.65. The Labute approximate surface area is 255 Å². The van der Waals surface area contributed by atoms with Crippen LogP contribution in [0.2, 0.25) is 0 Å². The number of carbonyl (C=O) groups is 1. The number of ether oxygens (including phenoxy) is 1. The number of hydrogen-bond acceptors (Lipinski definition) is 5. The second kappa shape index (κ2) is 10.1. The highest BCUT2D eigenvalue weighted by molar-refractivity contribution is 6.48. The van der Waals surface area contributed by atoms with Gasteiger partial charge in [0.25, 0.3) is 0 Å². The molecule has 226 valence electrons. The first-order valence-corrected chi connectivity index (χ1v) is 16.6. The van der Waals surface area contributed by atoms with Crippen LogP contribution in [-0.2, 0) is 32.4 Å². The molecule has 2 aromatic carbocycles. The molecule has 1 amide bonds. The standard InChI is InChI=1S/C36H44BNO5/c1-34(2)25-20-30(34)35(3)31(21-25)42-37(43-35)32(19-24-22-41-28-10-6-5-9-26(24)28)38-33(39)18-23-11-12-29-27(17-23)36(15-16-40-29)13-7-4-8-14-36/h5-6,9-12,17,22,25,30-32H,4,7-8,13-16,18-21H2,1-3H3,(H,38,39)/t25-,30-,31+,32-,35-/m0/s1. The quantitative estimate of drug-likeness (QED) is 0.319. The lowest BCUT2D eigenvalue weighted by Crippen LogP contribution is -2.65. The van der Waals surface area contributed by atoms with Crippen molar-refractivity contribution in [3.63, 3.8) is 0 Å². The molecule has 1 saturated heterocycles. The Morgan fingerprint density at radius 1 is 1.05 bits per heavy atom. The van der Waals surface area contributed by atoms with Crippen molar-refractivity contribution in [1.82, 2.24) is 5.32 Å². The number of benzene rings is 2. The maximum Gasteiger partial charge on any atom is 0.482 e. The number of amides is 1. The molecular weight excluding hydrogens is 537 g/mol. The lowest BCUT2D eigenvalue weighted by molar-refractivity contribution is -0.199. The van der Waals surface area contributed by atoms with Crippen molar-refractivity contribution >= 4 is 24.0 Å². The number of rotatable bonds is 6. The fourth-order valence-electron chi connectivity index (χ4n) is 9.62. The highest BCUT2D eigenvalue weighted by atomic mass is 16.7. The maximum atomic E-state index is 13.8. The molecule has 4 aliphatic carbocycles. The summed E-state index contributed by atoms with van der Waals surface area (Å²) in [5, 5.41) is 4.44. The van der Waals surface area contributed by atoms with E-state index >= 15 is 0 Å². The third-order valence-electron chi connectivity index (χ3n) is 12.3. The molecule has 3 heterocycles. The largest absolute Gasteiger partial charge is 0.493 e. The van der Waals surface area contributed by atoms with Crippen molar-refractivity contribution in [2.45, 2.75) is 108 Å². The molecule has 7 heteroatoms. The minimum absolute atomic E-state index is 0.0102. The number of nitrogens with one attached hydrogen (secondary N) is 1. The molecule has 5 atom stereocenters. The van der Waals surface area contributed by atoms with Crippen LogP contribution in [-0.4, -0.2) is 37.3 Å². The first kappa shape index (κ1) is 27.8. The summed E-state index contributed by atoms with van der Waals surface area (Å²) in [5.74, 6) is 1.80. The van der Waals surface area contributed by atoms with Gasteiger partial charge in [0.1, 0.15) is 11.3 Å². The van der Waals surface area contributed by atoms with E-state index in [0.717, 1.165) is 47.3 Å². The van der Waals surface area contributed by atoms with E-state index in [1.807, 2.05) is 24.5 Å². The van der Waals surface area contributed by atoms with Crippen LogP contribution in [0.15, 0.2) is 53.1 Å². The fourth-order valence-corrected chi connectivity index (χ4v) is 9.62. The van der Waals surface area contributed by atoms with Crippen molar-refractivity contribution in [1.29, 1.82) is 0 Å². The molecule has 2 bridgehead atoms. The molecule has 1 spiro atoms. The van der Waals surface area contributed by atoms with E-state index in [-0.39, 0.29) is 34.4 Å². The Balaban J connectivity index is 1.05. The van der Waals surface area contributed by atoms with Crippen molar-refractivity contribution in [2.75, 3.05) is 6.61 Å². The smallest absolute Gasteiger partial charge is 0.482 e. The molecule has 6 aliphatic rings. The number of para-hydroxylation sites is 1. The first-order valence-electron chi connectivity index (χ1n) is 16.6. The number of carbonyl (C=O) groups excluding carboxylic acids is 1. The van der Waals surface area contributed by atoms with E-state index in [0.29, 0.717) is 24.7 Å². The molecule has 1 N–H and O–H groups in total. The predicted octanol–water partition coefficient (Wildman–Crippen LogP) is 6.95. The van der Waals surface area contributed by atoms with Crippen LogP contribution in [0.1, 0.15) is 88.8 Å². The molecule has 0 radical (unpaired) electrons. The van der Waals surface area contributed by atoms with Gasteiger partial charge in [-0.3, -0.25) is 4.79 Å². The van der Waals surface area contributed by atoms with Crippen LogP contribution in [0.4, 0.5) is 0 Å². The average molecular weight is 582 g/mol. The summed E-state index contributed by atoms with van der Waals surface area (Å²) in [5.41, 5.74) is 4.39. The van der Waals surface area contributed by atoms with Crippen molar-refractivity contribution in [3.8, 4) is 5.75 Å². The van der Waals surface area contributed by atoms with Gasteiger partial charge in [0.15, 0.2) is 0 Å². The van der Waals surface area contributed by atoms with Crippen LogP contribution in [0, 0.1) is 17.3 Å². The number of fused-ring (bicyclic) bond motifs is 3. The third kappa shape index (κ3) is 4.48. The zero-order chi connectivity index (χ0) is 29.4. The van der Waals surface area contributed by atoms with E-state index in [9.17, 15) is 4.79 Å². The third-order valence-corrected chi connectivity index (χ3v) is 12.3. The molecule has 5 fully saturated rings. The molecule has 9 rings (SSSR count). The van der Waals surface area contributed by atoms with Crippen molar-refractivity contribution < 1.29 is 23.3 Å². The minimum Gasteiger partial charge on any atom is -0.493 e. The Morgan fingerprint density at radius 2 is 1.88 bits per heavy atom. The van der Waals surface area contributed by atoms with Crippen LogP contribution >= 0.6 is 0 Å². The van der Waals surface area contributed by atoms with E-state index in [1.165, 1.54) is 44.1 Å². The van der Waals surface area contributed by atoms with Gasteiger partial charge in [-0.15, -0.1) is 0 Å². The Bertz CT molecular complexity index is 1540. The molecule has 4 saturated carbocycles. The summed E-state index contributed by atoms with van der Waals surface area (Å²) >= 11 is 0. The van der Waals surface area contributed by atoms with Gasteiger partial charge in [-0.05, 0) is 86.0 Å². The zero-order valence-corrected chi connectivity index (χ0v) is 25.8. The topological polar surface area (TPSA) is 69.9 Å². The van der Waals surface area contributed by atoms with Gasteiger partial charge in [0.2, 0.25) is 5.91 Å². The van der Waals surface area contributed by atoms with Gasteiger partial charge >= 0.3 is 7.12 Å². The molecule has 3 aromatic rings. The van der Waals surface area contributed by atoms with Gasteiger partial charge in [-0.25, -0.2) is 0 Å². The summed E-state index contributed by atoms with van der Waals surface area (Å²) in [7, 11) is -0.509. The molecule has 6 nitrogen and oxygen atoms in total. The summed E-state index contributed by atoms with van der Waals surface area (Å²) < 4.78 is 25.5. The molecule has 1 aromatic heterocycles. The Morgan fingerprint density at radius 3 is 2.72 bits per heavy atom. The van der Waals surface area contributed by atoms with Gasteiger partial charge in [-0.1, -0.05) is 63.4 Å². The molecule has 0 unspecified atom stereocenters. The highest BCUT2D eigenvalue weighted by Gasteiger charge is 2.68.